The van der Waals surface area contributed by atoms with Crippen LogP contribution in [0.2, 0.25) is 0 Å². The highest BCUT2D eigenvalue weighted by Crippen LogP contribution is 2.32. The maximum atomic E-state index is 14.5. The van der Waals surface area contributed by atoms with Crippen molar-refractivity contribution < 1.29 is 27.1 Å². The van der Waals surface area contributed by atoms with Gasteiger partial charge in [0, 0.05) is 17.0 Å². The van der Waals surface area contributed by atoms with E-state index in [0.717, 1.165) is 10.9 Å². The molecule has 2 aromatic heterocycles. The first-order chi connectivity index (χ1) is 13.2. The van der Waals surface area contributed by atoms with Gasteiger partial charge in [-0.1, -0.05) is 0 Å². The molecule has 0 unspecified atom stereocenters. The Bertz CT molecular complexity index is 1060. The Hall–Kier alpha value is -3.30. The van der Waals surface area contributed by atoms with Crippen molar-refractivity contribution in [3.8, 4) is 17.2 Å². The molecule has 6 nitrogen and oxygen atoms in total. The summed E-state index contributed by atoms with van der Waals surface area (Å²) >= 11 is 0. The standard InChI is InChI=1S/C18H14F4N4O2/c1-4-28-17(27)11-7-23-26(18-24-8(2)5-9(3)25-18)16(11)10-6-12(19)14(21)15(22)13(10)20/h5-7H,4H2,1-3H3. The Morgan fingerprint density at radius 3 is 2.29 bits per heavy atom. The Balaban J connectivity index is 2.35. The third kappa shape index (κ3) is 3.32. The minimum absolute atomic E-state index is 0.00186. The monoisotopic (exact) mass is 394 g/mol. The summed E-state index contributed by atoms with van der Waals surface area (Å²) in [6.45, 7) is 4.89. The summed E-state index contributed by atoms with van der Waals surface area (Å²) in [6.07, 6.45) is 1.03. The van der Waals surface area contributed by atoms with E-state index < -0.39 is 34.8 Å². The van der Waals surface area contributed by atoms with E-state index in [1.165, 1.54) is 0 Å². The minimum Gasteiger partial charge on any atom is -0.462 e. The predicted octanol–water partition coefficient (Wildman–Crippen LogP) is 3.68. The Labute approximate surface area is 156 Å². The lowest BCUT2D eigenvalue weighted by Crippen LogP contribution is -2.11. The number of ether oxygens (including phenoxy) is 1. The van der Waals surface area contributed by atoms with Gasteiger partial charge in [-0.2, -0.15) is 9.78 Å². The van der Waals surface area contributed by atoms with Crippen LogP contribution in [-0.4, -0.2) is 32.3 Å². The lowest BCUT2D eigenvalue weighted by molar-refractivity contribution is 0.0527. The molecule has 28 heavy (non-hydrogen) atoms. The fourth-order valence-corrected chi connectivity index (χ4v) is 2.66. The summed E-state index contributed by atoms with van der Waals surface area (Å²) in [6, 6.07) is 2.10. The van der Waals surface area contributed by atoms with Crippen molar-refractivity contribution in [2.75, 3.05) is 6.61 Å². The van der Waals surface area contributed by atoms with Crippen molar-refractivity contribution >= 4 is 5.97 Å². The van der Waals surface area contributed by atoms with Crippen LogP contribution >= 0.6 is 0 Å². The van der Waals surface area contributed by atoms with E-state index in [2.05, 4.69) is 15.1 Å². The smallest absolute Gasteiger partial charge is 0.342 e. The van der Waals surface area contributed by atoms with E-state index in [0.29, 0.717) is 17.5 Å². The first-order valence-electron chi connectivity index (χ1n) is 8.15. The van der Waals surface area contributed by atoms with Crippen molar-refractivity contribution in [3.05, 3.63) is 58.5 Å². The number of carbonyl (C=O) groups is 1. The van der Waals surface area contributed by atoms with Gasteiger partial charge in [0.15, 0.2) is 23.3 Å². The van der Waals surface area contributed by atoms with Gasteiger partial charge in [0.1, 0.15) is 5.56 Å². The molecule has 0 fully saturated rings. The largest absolute Gasteiger partial charge is 0.462 e. The quantitative estimate of drug-likeness (QED) is 0.292. The van der Waals surface area contributed by atoms with Crippen LogP contribution < -0.4 is 0 Å². The van der Waals surface area contributed by atoms with E-state index in [-0.39, 0.29) is 23.8 Å². The molecule has 0 bridgehead atoms. The van der Waals surface area contributed by atoms with Gasteiger partial charge in [-0.05, 0) is 32.9 Å². The van der Waals surface area contributed by atoms with Crippen molar-refractivity contribution in [1.29, 1.82) is 0 Å². The highest BCUT2D eigenvalue weighted by atomic mass is 19.2. The van der Waals surface area contributed by atoms with Crippen LogP contribution in [-0.2, 0) is 4.74 Å². The summed E-state index contributed by atoms with van der Waals surface area (Å²) in [5.41, 5.74) is -0.287. The zero-order valence-corrected chi connectivity index (χ0v) is 15.1. The third-order valence-electron chi connectivity index (χ3n) is 3.78. The molecule has 2 heterocycles. The number of benzene rings is 1. The average Bonchev–Trinajstić information content (AvgIpc) is 3.07. The molecule has 0 radical (unpaired) electrons. The molecular weight excluding hydrogens is 380 g/mol. The van der Waals surface area contributed by atoms with Crippen molar-refractivity contribution in [2.24, 2.45) is 0 Å². The highest BCUT2D eigenvalue weighted by molar-refractivity contribution is 5.96. The molecule has 0 aliphatic heterocycles. The molecule has 0 atom stereocenters. The van der Waals surface area contributed by atoms with Gasteiger partial charge < -0.3 is 4.74 Å². The van der Waals surface area contributed by atoms with Gasteiger partial charge in [0.2, 0.25) is 0 Å². The normalized spacial score (nSPS) is 11.0. The number of aryl methyl sites for hydroxylation is 2. The van der Waals surface area contributed by atoms with Gasteiger partial charge in [-0.25, -0.2) is 32.3 Å². The number of esters is 1. The van der Waals surface area contributed by atoms with Crippen LogP contribution in [0, 0.1) is 37.1 Å². The van der Waals surface area contributed by atoms with Crippen LogP contribution in [0.4, 0.5) is 17.6 Å². The first-order valence-corrected chi connectivity index (χ1v) is 8.15. The number of hydrogen-bond acceptors (Lipinski definition) is 5. The second-order valence-corrected chi connectivity index (χ2v) is 5.84. The van der Waals surface area contributed by atoms with Gasteiger partial charge in [0.05, 0.1) is 18.5 Å². The molecule has 0 amide bonds. The van der Waals surface area contributed by atoms with Gasteiger partial charge in [0.25, 0.3) is 5.95 Å². The van der Waals surface area contributed by atoms with Gasteiger partial charge in [-0.3, -0.25) is 0 Å². The second-order valence-electron chi connectivity index (χ2n) is 5.84. The molecule has 0 saturated heterocycles. The van der Waals surface area contributed by atoms with Crippen LogP contribution in [0.25, 0.3) is 17.2 Å². The number of aromatic nitrogens is 4. The Kier molecular flexibility index (Phi) is 5.12. The average molecular weight is 394 g/mol. The summed E-state index contributed by atoms with van der Waals surface area (Å²) in [4.78, 5) is 20.6. The molecule has 10 heteroatoms. The van der Waals surface area contributed by atoms with E-state index in [4.69, 9.17) is 4.74 Å². The molecule has 146 valence electrons. The molecular formula is C18H14F4N4O2. The number of carbonyl (C=O) groups excluding carboxylic acids is 1. The third-order valence-corrected chi connectivity index (χ3v) is 3.78. The van der Waals surface area contributed by atoms with E-state index in [1.54, 1.807) is 26.8 Å². The number of hydrogen-bond donors (Lipinski definition) is 0. The fourth-order valence-electron chi connectivity index (χ4n) is 2.66. The molecule has 0 saturated carbocycles. The molecule has 0 aliphatic rings. The Morgan fingerprint density at radius 1 is 1.04 bits per heavy atom. The maximum Gasteiger partial charge on any atom is 0.342 e. The van der Waals surface area contributed by atoms with Crippen molar-refractivity contribution in [2.45, 2.75) is 20.8 Å². The minimum atomic E-state index is -2.01. The predicted molar refractivity (Wildman–Crippen MR) is 89.9 cm³/mol. The summed E-state index contributed by atoms with van der Waals surface area (Å²) < 4.78 is 61.3. The molecule has 3 aromatic rings. The van der Waals surface area contributed by atoms with Crippen LogP contribution in [0.1, 0.15) is 28.7 Å². The van der Waals surface area contributed by atoms with Crippen LogP contribution in [0.5, 0.6) is 0 Å². The zero-order valence-electron chi connectivity index (χ0n) is 15.1. The topological polar surface area (TPSA) is 69.9 Å². The van der Waals surface area contributed by atoms with Crippen molar-refractivity contribution in [3.63, 3.8) is 0 Å². The summed E-state index contributed by atoms with van der Waals surface area (Å²) in [5.74, 6) is -8.26. The second kappa shape index (κ2) is 7.37. The van der Waals surface area contributed by atoms with Gasteiger partial charge in [-0.15, -0.1) is 0 Å². The molecule has 0 spiro atoms. The summed E-state index contributed by atoms with van der Waals surface area (Å²) in [7, 11) is 0. The van der Waals surface area contributed by atoms with Crippen molar-refractivity contribution in [1.82, 2.24) is 19.7 Å². The fraction of sp³-hybridized carbons (Fsp3) is 0.222. The molecule has 1 aromatic carbocycles. The highest BCUT2D eigenvalue weighted by Gasteiger charge is 2.28. The first kappa shape index (κ1) is 19.5. The van der Waals surface area contributed by atoms with E-state index >= 15 is 0 Å². The zero-order chi connectivity index (χ0) is 20.6. The number of rotatable bonds is 4. The number of halogens is 4. The van der Waals surface area contributed by atoms with E-state index in [1.807, 2.05) is 0 Å². The molecule has 3 rings (SSSR count). The van der Waals surface area contributed by atoms with Crippen LogP contribution in [0.15, 0.2) is 18.3 Å². The number of nitrogens with zero attached hydrogens (tertiary/aromatic N) is 4. The Morgan fingerprint density at radius 2 is 1.68 bits per heavy atom. The maximum absolute atomic E-state index is 14.5. The lowest BCUT2D eigenvalue weighted by atomic mass is 10.1. The summed E-state index contributed by atoms with van der Waals surface area (Å²) in [5, 5.41) is 3.96. The van der Waals surface area contributed by atoms with Gasteiger partial charge >= 0.3 is 5.97 Å². The molecule has 0 aliphatic carbocycles. The SMILES string of the molecule is CCOC(=O)c1cnn(-c2nc(C)cc(C)n2)c1-c1cc(F)c(F)c(F)c1F. The lowest BCUT2D eigenvalue weighted by Gasteiger charge is -2.11. The molecule has 0 N–H and O–H groups in total. The van der Waals surface area contributed by atoms with Crippen LogP contribution in [0.3, 0.4) is 0 Å². The van der Waals surface area contributed by atoms with E-state index in [9.17, 15) is 22.4 Å².